The van der Waals surface area contributed by atoms with Gasteiger partial charge in [-0.3, -0.25) is 9.89 Å². The molecule has 0 amide bonds. The van der Waals surface area contributed by atoms with Crippen LogP contribution in [0.3, 0.4) is 0 Å². The number of ether oxygens (including phenoxy) is 1. The summed E-state index contributed by atoms with van der Waals surface area (Å²) >= 11 is 0. The van der Waals surface area contributed by atoms with Crippen LogP contribution in [0.5, 0.6) is 5.75 Å². The summed E-state index contributed by atoms with van der Waals surface area (Å²) < 4.78 is 6.20. The predicted molar refractivity (Wildman–Crippen MR) is 64.6 cm³/mol. The monoisotopic (exact) mass is 248 g/mol. The van der Waals surface area contributed by atoms with Crippen molar-refractivity contribution in [2.24, 2.45) is 0 Å². The molecular formula is C12H12N2O4. The molecule has 0 unspecified atom stereocenters. The van der Waals surface area contributed by atoms with E-state index >= 15 is 0 Å². The van der Waals surface area contributed by atoms with E-state index < -0.39 is 11.5 Å². The van der Waals surface area contributed by atoms with E-state index in [4.69, 9.17) is 9.84 Å². The van der Waals surface area contributed by atoms with E-state index in [1.807, 2.05) is 0 Å². The molecule has 0 saturated heterocycles. The van der Waals surface area contributed by atoms with Crippen molar-refractivity contribution in [2.75, 3.05) is 7.11 Å². The summed E-state index contributed by atoms with van der Waals surface area (Å²) in [5.41, 5.74) is 0.0516. The number of aromatic carboxylic acids is 1. The molecule has 0 bridgehead atoms. The fraction of sp³-hybridized carbons (Fsp3) is 0.167. The molecule has 0 aliphatic carbocycles. The smallest absolute Gasteiger partial charge is 0.343 e. The van der Waals surface area contributed by atoms with Gasteiger partial charge in [-0.2, -0.15) is 0 Å². The maximum atomic E-state index is 11.9. The first-order chi connectivity index (χ1) is 8.54. The SMILES string of the molecule is COc1ccc(-n2[nH]c(C)c(C(=O)O)c2=O)cc1. The Balaban J connectivity index is 2.54. The lowest BCUT2D eigenvalue weighted by atomic mass is 10.2. The van der Waals surface area contributed by atoms with Gasteiger partial charge in [0.1, 0.15) is 11.3 Å². The third kappa shape index (κ3) is 1.88. The van der Waals surface area contributed by atoms with Crippen LogP contribution in [0.4, 0.5) is 0 Å². The van der Waals surface area contributed by atoms with Gasteiger partial charge in [0.15, 0.2) is 0 Å². The molecule has 0 atom stereocenters. The largest absolute Gasteiger partial charge is 0.497 e. The summed E-state index contributed by atoms with van der Waals surface area (Å²) in [7, 11) is 1.54. The minimum Gasteiger partial charge on any atom is -0.497 e. The normalized spacial score (nSPS) is 10.3. The van der Waals surface area contributed by atoms with Crippen molar-refractivity contribution in [1.29, 1.82) is 0 Å². The van der Waals surface area contributed by atoms with Gasteiger partial charge < -0.3 is 9.84 Å². The number of rotatable bonds is 3. The zero-order valence-electron chi connectivity index (χ0n) is 9.93. The van der Waals surface area contributed by atoms with E-state index in [-0.39, 0.29) is 5.56 Å². The number of H-pyrrole nitrogens is 1. The zero-order valence-corrected chi connectivity index (χ0v) is 9.93. The molecule has 2 N–H and O–H groups in total. The summed E-state index contributed by atoms with van der Waals surface area (Å²) in [6, 6.07) is 6.72. The number of carboxylic acids is 1. The second-order valence-corrected chi connectivity index (χ2v) is 3.76. The number of carbonyl (C=O) groups is 1. The average Bonchev–Trinajstić information content (AvgIpc) is 2.65. The Morgan fingerprint density at radius 1 is 1.33 bits per heavy atom. The lowest BCUT2D eigenvalue weighted by Gasteiger charge is -2.03. The maximum absolute atomic E-state index is 11.9. The van der Waals surface area contributed by atoms with Crippen LogP contribution < -0.4 is 10.3 Å². The topological polar surface area (TPSA) is 84.3 Å². The first kappa shape index (κ1) is 12.0. The first-order valence-electron chi connectivity index (χ1n) is 5.24. The molecule has 0 spiro atoms. The van der Waals surface area contributed by atoms with Gasteiger partial charge in [0.05, 0.1) is 12.8 Å². The molecule has 2 aromatic rings. The summed E-state index contributed by atoms with van der Waals surface area (Å²) in [5, 5.41) is 11.7. The summed E-state index contributed by atoms with van der Waals surface area (Å²) in [4.78, 5) is 22.8. The van der Waals surface area contributed by atoms with E-state index in [1.165, 1.54) is 4.68 Å². The van der Waals surface area contributed by atoms with Gasteiger partial charge in [-0.25, -0.2) is 9.48 Å². The number of hydrogen-bond acceptors (Lipinski definition) is 3. The van der Waals surface area contributed by atoms with E-state index in [0.29, 0.717) is 17.1 Å². The van der Waals surface area contributed by atoms with E-state index in [0.717, 1.165) is 0 Å². The third-order valence-corrected chi connectivity index (χ3v) is 2.62. The highest BCUT2D eigenvalue weighted by atomic mass is 16.5. The van der Waals surface area contributed by atoms with Gasteiger partial charge >= 0.3 is 5.97 Å². The molecule has 1 aromatic heterocycles. The van der Waals surface area contributed by atoms with Crippen LogP contribution in [0.2, 0.25) is 0 Å². The number of hydrogen-bond donors (Lipinski definition) is 2. The fourth-order valence-corrected chi connectivity index (χ4v) is 1.71. The minimum absolute atomic E-state index is 0.245. The van der Waals surface area contributed by atoms with Crippen molar-refractivity contribution in [1.82, 2.24) is 9.78 Å². The first-order valence-corrected chi connectivity index (χ1v) is 5.24. The molecule has 18 heavy (non-hydrogen) atoms. The maximum Gasteiger partial charge on any atom is 0.343 e. The molecule has 1 aromatic carbocycles. The second-order valence-electron chi connectivity index (χ2n) is 3.76. The Hall–Kier alpha value is -2.50. The van der Waals surface area contributed by atoms with E-state index in [2.05, 4.69) is 5.10 Å². The van der Waals surface area contributed by atoms with Crippen molar-refractivity contribution in [2.45, 2.75) is 6.92 Å². The Kier molecular flexibility index (Phi) is 2.93. The van der Waals surface area contributed by atoms with Crippen LogP contribution in [0.1, 0.15) is 16.1 Å². The van der Waals surface area contributed by atoms with Crippen LogP contribution in [-0.4, -0.2) is 28.0 Å². The number of methoxy groups -OCH3 is 1. The van der Waals surface area contributed by atoms with Crippen LogP contribution in [0.15, 0.2) is 29.1 Å². The molecule has 0 saturated carbocycles. The second kappa shape index (κ2) is 4.40. The van der Waals surface area contributed by atoms with Gasteiger partial charge in [-0.15, -0.1) is 0 Å². The van der Waals surface area contributed by atoms with Crippen LogP contribution >= 0.6 is 0 Å². The highest BCUT2D eigenvalue weighted by Crippen LogP contribution is 2.13. The fourth-order valence-electron chi connectivity index (χ4n) is 1.71. The van der Waals surface area contributed by atoms with Crippen molar-refractivity contribution in [3.63, 3.8) is 0 Å². The average molecular weight is 248 g/mol. The molecule has 94 valence electrons. The van der Waals surface area contributed by atoms with E-state index in [9.17, 15) is 9.59 Å². The molecule has 0 aliphatic rings. The Morgan fingerprint density at radius 3 is 2.39 bits per heavy atom. The van der Waals surface area contributed by atoms with Crippen LogP contribution in [-0.2, 0) is 0 Å². The quantitative estimate of drug-likeness (QED) is 0.854. The molecule has 6 heteroatoms. The van der Waals surface area contributed by atoms with Crippen molar-refractivity contribution >= 4 is 5.97 Å². The molecule has 1 heterocycles. The van der Waals surface area contributed by atoms with Gasteiger partial charge in [-0.1, -0.05) is 0 Å². The predicted octanol–water partition coefficient (Wildman–Crippen LogP) is 1.18. The highest BCUT2D eigenvalue weighted by molar-refractivity contribution is 5.88. The molecule has 0 fully saturated rings. The summed E-state index contributed by atoms with van der Waals surface area (Å²) in [6.07, 6.45) is 0. The van der Waals surface area contributed by atoms with Gasteiger partial charge in [0.25, 0.3) is 5.56 Å². The van der Waals surface area contributed by atoms with Crippen molar-refractivity contribution < 1.29 is 14.6 Å². The number of nitrogens with zero attached hydrogens (tertiary/aromatic N) is 1. The van der Waals surface area contributed by atoms with Crippen LogP contribution in [0, 0.1) is 6.92 Å². The third-order valence-electron chi connectivity index (χ3n) is 2.62. The Labute approximate surface area is 102 Å². The Bertz CT molecular complexity index is 637. The number of aromatic amines is 1. The van der Waals surface area contributed by atoms with Crippen molar-refractivity contribution in [3.05, 3.63) is 45.9 Å². The summed E-state index contributed by atoms with van der Waals surface area (Å²) in [6.45, 7) is 1.55. The van der Waals surface area contributed by atoms with Gasteiger partial charge in [-0.05, 0) is 31.2 Å². The molecular weight excluding hydrogens is 236 g/mol. The summed E-state index contributed by atoms with van der Waals surface area (Å²) in [5.74, 6) is -0.574. The Morgan fingerprint density at radius 2 is 1.94 bits per heavy atom. The van der Waals surface area contributed by atoms with Gasteiger partial charge in [0.2, 0.25) is 0 Å². The van der Waals surface area contributed by atoms with Gasteiger partial charge in [0, 0.05) is 5.69 Å². The molecule has 0 aliphatic heterocycles. The standard InChI is InChI=1S/C12H12N2O4/c1-7-10(12(16)17)11(15)14(13-7)8-3-5-9(18-2)6-4-8/h3-6,13H,1-2H3,(H,16,17). The van der Waals surface area contributed by atoms with E-state index in [1.54, 1.807) is 38.3 Å². The molecule has 6 nitrogen and oxygen atoms in total. The number of carboxylic acid groups (broad SMARTS) is 1. The molecule has 2 rings (SSSR count). The zero-order chi connectivity index (χ0) is 13.3. The lowest BCUT2D eigenvalue weighted by Crippen LogP contribution is -2.20. The van der Waals surface area contributed by atoms with Crippen molar-refractivity contribution in [3.8, 4) is 11.4 Å². The van der Waals surface area contributed by atoms with Crippen LogP contribution in [0.25, 0.3) is 5.69 Å². The number of aromatic nitrogens is 2. The number of nitrogens with one attached hydrogen (secondary N) is 1. The lowest BCUT2D eigenvalue weighted by molar-refractivity contribution is 0.0694. The minimum atomic E-state index is -1.24. The number of benzene rings is 1. The number of aryl methyl sites for hydroxylation is 1. The highest BCUT2D eigenvalue weighted by Gasteiger charge is 2.18. The molecule has 0 radical (unpaired) electrons.